The molecule has 0 amide bonds. The van der Waals surface area contributed by atoms with Crippen LogP contribution in [0.2, 0.25) is 5.02 Å². The van der Waals surface area contributed by atoms with Crippen LogP contribution in [0, 0.1) is 5.41 Å². The fourth-order valence-corrected chi connectivity index (χ4v) is 1.56. The molecule has 1 heterocycles. The first-order valence-electron chi connectivity index (χ1n) is 4.78. The van der Waals surface area contributed by atoms with Crippen molar-refractivity contribution in [2.24, 2.45) is 11.3 Å². The van der Waals surface area contributed by atoms with Crippen LogP contribution in [0.3, 0.4) is 0 Å². The lowest BCUT2D eigenvalue weighted by molar-refractivity contribution is 0.630. The van der Waals surface area contributed by atoms with Crippen LogP contribution in [0.5, 0.6) is 0 Å². The molecule has 82 valence electrons. The molecule has 1 unspecified atom stereocenters. The van der Waals surface area contributed by atoms with Gasteiger partial charge in [-0.25, -0.2) is 10.8 Å². The van der Waals surface area contributed by atoms with Gasteiger partial charge in [-0.05, 0) is 11.8 Å². The van der Waals surface area contributed by atoms with Gasteiger partial charge in [-0.1, -0.05) is 25.4 Å². The van der Waals surface area contributed by atoms with Crippen LogP contribution >= 0.6 is 11.6 Å². The molecule has 1 saturated carbocycles. The van der Waals surface area contributed by atoms with E-state index in [0.29, 0.717) is 28.2 Å². The minimum absolute atomic E-state index is 0.324. The van der Waals surface area contributed by atoms with E-state index in [1.165, 1.54) is 6.20 Å². The maximum Gasteiger partial charge on any atom is 0.239 e. The van der Waals surface area contributed by atoms with E-state index in [4.69, 9.17) is 17.4 Å². The van der Waals surface area contributed by atoms with Gasteiger partial charge in [0.2, 0.25) is 5.95 Å². The molecule has 15 heavy (non-hydrogen) atoms. The number of aromatic nitrogens is 2. The molecule has 1 aromatic rings. The zero-order valence-corrected chi connectivity index (χ0v) is 9.47. The van der Waals surface area contributed by atoms with Gasteiger partial charge < -0.3 is 5.32 Å². The van der Waals surface area contributed by atoms with Crippen LogP contribution in [0.25, 0.3) is 0 Å². The van der Waals surface area contributed by atoms with Crippen LogP contribution in [0.4, 0.5) is 11.8 Å². The third-order valence-electron chi connectivity index (χ3n) is 2.70. The number of nitrogens with two attached hydrogens (primary N) is 1. The molecule has 4 N–H and O–H groups in total. The highest BCUT2D eigenvalue weighted by Crippen LogP contribution is 2.46. The van der Waals surface area contributed by atoms with E-state index in [0.717, 1.165) is 6.42 Å². The molecular formula is C9H14ClN5. The molecule has 6 heteroatoms. The van der Waals surface area contributed by atoms with Crippen molar-refractivity contribution in [3.05, 3.63) is 11.2 Å². The van der Waals surface area contributed by atoms with E-state index >= 15 is 0 Å². The van der Waals surface area contributed by atoms with Crippen molar-refractivity contribution in [2.45, 2.75) is 26.3 Å². The first-order chi connectivity index (χ1) is 7.03. The molecule has 0 spiro atoms. The van der Waals surface area contributed by atoms with Gasteiger partial charge in [0, 0.05) is 6.04 Å². The van der Waals surface area contributed by atoms with Gasteiger partial charge in [-0.15, -0.1) is 0 Å². The maximum atomic E-state index is 5.96. The van der Waals surface area contributed by atoms with Crippen LogP contribution in [0.1, 0.15) is 20.3 Å². The van der Waals surface area contributed by atoms with Crippen LogP contribution in [-0.2, 0) is 0 Å². The lowest BCUT2D eigenvalue weighted by atomic mass is 10.2. The molecule has 1 atom stereocenters. The largest absolute Gasteiger partial charge is 0.365 e. The van der Waals surface area contributed by atoms with Gasteiger partial charge in [-0.3, -0.25) is 5.43 Å². The van der Waals surface area contributed by atoms with E-state index in [2.05, 4.69) is 34.6 Å². The van der Waals surface area contributed by atoms with Gasteiger partial charge in [0.15, 0.2) is 5.82 Å². The summed E-state index contributed by atoms with van der Waals surface area (Å²) in [6.45, 7) is 4.39. The Labute approximate surface area is 93.4 Å². The van der Waals surface area contributed by atoms with Gasteiger partial charge in [0.25, 0.3) is 0 Å². The van der Waals surface area contributed by atoms with E-state index in [-0.39, 0.29) is 0 Å². The summed E-state index contributed by atoms with van der Waals surface area (Å²) >= 11 is 5.96. The molecule has 1 aromatic heterocycles. The second-order valence-corrected chi connectivity index (χ2v) is 4.83. The minimum Gasteiger partial charge on any atom is -0.365 e. The molecule has 1 aliphatic carbocycles. The van der Waals surface area contributed by atoms with E-state index in [1.807, 2.05) is 0 Å². The molecule has 1 fully saturated rings. The summed E-state index contributed by atoms with van der Waals surface area (Å²) in [5, 5.41) is 3.78. The zero-order chi connectivity index (χ0) is 11.1. The predicted octanol–water partition coefficient (Wildman–Crippen LogP) is 1.63. The van der Waals surface area contributed by atoms with Crippen LogP contribution in [-0.4, -0.2) is 16.0 Å². The van der Waals surface area contributed by atoms with Gasteiger partial charge in [0.05, 0.1) is 6.20 Å². The molecule has 0 saturated heterocycles. The molecule has 2 rings (SSSR count). The second kappa shape index (κ2) is 3.50. The van der Waals surface area contributed by atoms with E-state index in [9.17, 15) is 0 Å². The van der Waals surface area contributed by atoms with E-state index < -0.39 is 0 Å². The third kappa shape index (κ3) is 2.13. The number of nitrogens with zero attached hydrogens (tertiary/aromatic N) is 2. The van der Waals surface area contributed by atoms with Gasteiger partial charge in [-0.2, -0.15) is 4.98 Å². The first kappa shape index (κ1) is 10.4. The van der Waals surface area contributed by atoms with Crippen molar-refractivity contribution in [1.29, 1.82) is 0 Å². The molecular weight excluding hydrogens is 214 g/mol. The van der Waals surface area contributed by atoms with Crippen LogP contribution < -0.4 is 16.6 Å². The molecule has 0 aliphatic heterocycles. The molecule has 1 aliphatic rings. The molecule has 0 aromatic carbocycles. The Morgan fingerprint density at radius 1 is 1.60 bits per heavy atom. The standard InChI is InChI=1S/C9H14ClN5/c1-9(2)3-6(9)13-7-5(10)4-12-8(14-7)15-11/h4,6H,3,11H2,1-2H3,(H2,12,13,14,15). The minimum atomic E-state index is 0.324. The number of nitrogen functional groups attached to an aromatic ring is 1. The summed E-state index contributed by atoms with van der Waals surface area (Å²) in [6, 6.07) is 0.426. The average molecular weight is 228 g/mol. The Kier molecular flexibility index (Phi) is 2.44. The average Bonchev–Trinajstić information content (AvgIpc) is 2.78. The van der Waals surface area contributed by atoms with E-state index in [1.54, 1.807) is 0 Å². The lowest BCUT2D eigenvalue weighted by Gasteiger charge is -2.09. The maximum absolute atomic E-state index is 5.96. The number of anilines is 2. The monoisotopic (exact) mass is 227 g/mol. The smallest absolute Gasteiger partial charge is 0.239 e. The Hall–Kier alpha value is -1.07. The SMILES string of the molecule is CC1(C)CC1Nc1nc(NN)ncc1Cl. The molecule has 0 bridgehead atoms. The third-order valence-corrected chi connectivity index (χ3v) is 2.97. The highest BCUT2D eigenvalue weighted by Gasteiger charge is 2.46. The number of hydrogen-bond acceptors (Lipinski definition) is 5. The topological polar surface area (TPSA) is 75.9 Å². The van der Waals surface area contributed by atoms with Crippen molar-refractivity contribution in [3.8, 4) is 0 Å². The summed E-state index contributed by atoms with van der Waals surface area (Å²) in [7, 11) is 0. The van der Waals surface area contributed by atoms with Gasteiger partial charge >= 0.3 is 0 Å². The summed E-state index contributed by atoms with van der Waals surface area (Å²) < 4.78 is 0. The summed E-state index contributed by atoms with van der Waals surface area (Å²) in [6.07, 6.45) is 2.65. The Morgan fingerprint density at radius 3 is 2.80 bits per heavy atom. The quantitative estimate of drug-likeness (QED) is 0.541. The van der Waals surface area contributed by atoms with Crippen molar-refractivity contribution in [3.63, 3.8) is 0 Å². The number of hydrazine groups is 1. The summed E-state index contributed by atoms with van der Waals surface area (Å²) in [5.74, 6) is 6.22. The Balaban J connectivity index is 2.14. The zero-order valence-electron chi connectivity index (χ0n) is 8.71. The fraction of sp³-hybridized carbons (Fsp3) is 0.556. The number of halogens is 1. The summed E-state index contributed by atoms with van der Waals surface area (Å²) in [5.41, 5.74) is 2.71. The number of hydrogen-bond donors (Lipinski definition) is 3. The normalized spacial score (nSPS) is 22.3. The highest BCUT2D eigenvalue weighted by molar-refractivity contribution is 6.32. The van der Waals surface area contributed by atoms with Crippen molar-refractivity contribution in [1.82, 2.24) is 9.97 Å². The first-order valence-corrected chi connectivity index (χ1v) is 5.16. The second-order valence-electron chi connectivity index (χ2n) is 4.42. The molecule has 0 radical (unpaired) electrons. The van der Waals surface area contributed by atoms with Crippen molar-refractivity contribution in [2.75, 3.05) is 10.7 Å². The van der Waals surface area contributed by atoms with Gasteiger partial charge in [0.1, 0.15) is 5.02 Å². The lowest BCUT2D eigenvalue weighted by Crippen LogP contribution is -2.14. The Morgan fingerprint density at radius 2 is 2.27 bits per heavy atom. The van der Waals surface area contributed by atoms with Crippen molar-refractivity contribution < 1.29 is 0 Å². The van der Waals surface area contributed by atoms with Crippen LogP contribution in [0.15, 0.2) is 6.20 Å². The number of rotatable bonds is 3. The fourth-order valence-electron chi connectivity index (χ4n) is 1.42. The Bertz CT molecular complexity index is 379. The molecule has 5 nitrogen and oxygen atoms in total. The summed E-state index contributed by atoms with van der Waals surface area (Å²) in [4.78, 5) is 8.05. The van der Waals surface area contributed by atoms with Crippen molar-refractivity contribution >= 4 is 23.4 Å². The highest BCUT2D eigenvalue weighted by atomic mass is 35.5. The number of nitrogens with one attached hydrogen (secondary N) is 2. The predicted molar refractivity (Wildman–Crippen MR) is 60.7 cm³/mol.